The van der Waals surface area contributed by atoms with Crippen LogP contribution >= 0.6 is 0 Å². The fourth-order valence-electron chi connectivity index (χ4n) is 4.21. The van der Waals surface area contributed by atoms with Gasteiger partial charge in [0.1, 0.15) is 11.5 Å². The van der Waals surface area contributed by atoms with Crippen molar-refractivity contribution in [2.75, 3.05) is 27.4 Å². The highest BCUT2D eigenvalue weighted by Crippen LogP contribution is 2.42. The van der Waals surface area contributed by atoms with Crippen LogP contribution < -0.4 is 9.47 Å². The van der Waals surface area contributed by atoms with E-state index in [2.05, 4.69) is 0 Å². The van der Waals surface area contributed by atoms with Gasteiger partial charge in [0.15, 0.2) is 11.5 Å². The summed E-state index contributed by atoms with van der Waals surface area (Å²) >= 11 is 0. The van der Waals surface area contributed by atoms with Gasteiger partial charge >= 0.3 is 0 Å². The lowest BCUT2D eigenvalue weighted by atomic mass is 9.93. The Morgan fingerprint density at radius 2 is 1.66 bits per heavy atom. The molecule has 1 unspecified atom stereocenters. The molecule has 35 heavy (non-hydrogen) atoms. The van der Waals surface area contributed by atoms with Crippen LogP contribution in [0.15, 0.2) is 42.0 Å². The fraction of sp³-hybridized carbons (Fsp3) is 0.407. The molecule has 0 aliphatic carbocycles. The lowest BCUT2D eigenvalue weighted by Gasteiger charge is -2.26. The van der Waals surface area contributed by atoms with Gasteiger partial charge in [-0.1, -0.05) is 19.9 Å². The number of hydrogen-bond acceptors (Lipinski definition) is 7. The summed E-state index contributed by atoms with van der Waals surface area (Å²) in [5.74, 6) is -0.945. The Kier molecular flexibility index (Phi) is 8.07. The highest BCUT2D eigenvalue weighted by molar-refractivity contribution is 6.46. The maximum atomic E-state index is 13.2. The van der Waals surface area contributed by atoms with Gasteiger partial charge in [-0.25, -0.2) is 0 Å². The Bertz CT molecular complexity index is 1140. The first kappa shape index (κ1) is 26.1. The molecule has 2 N–H and O–H groups in total. The normalized spacial score (nSPS) is 17.5. The number of ketones is 1. The van der Waals surface area contributed by atoms with Gasteiger partial charge in [-0.2, -0.15) is 0 Å². The summed E-state index contributed by atoms with van der Waals surface area (Å²) in [6, 6.07) is 8.88. The molecule has 1 atom stereocenters. The van der Waals surface area contributed by atoms with Crippen LogP contribution in [0.25, 0.3) is 5.76 Å². The Morgan fingerprint density at radius 3 is 2.23 bits per heavy atom. The van der Waals surface area contributed by atoms with E-state index in [1.807, 2.05) is 27.7 Å². The summed E-state index contributed by atoms with van der Waals surface area (Å²) in [6.07, 6.45) is -0.0518. The molecule has 2 aromatic rings. The number of likely N-dealkylation sites (tertiary alicyclic amines) is 1. The highest BCUT2D eigenvalue weighted by atomic mass is 16.5. The van der Waals surface area contributed by atoms with Crippen molar-refractivity contribution in [3.63, 3.8) is 0 Å². The van der Waals surface area contributed by atoms with Crippen molar-refractivity contribution in [2.24, 2.45) is 0 Å². The molecule has 3 rings (SSSR count). The minimum absolute atomic E-state index is 0.0518. The molecule has 188 valence electrons. The summed E-state index contributed by atoms with van der Waals surface area (Å²) in [5.41, 5.74) is 1.67. The molecule has 1 fully saturated rings. The van der Waals surface area contributed by atoms with E-state index in [1.165, 1.54) is 18.1 Å². The van der Waals surface area contributed by atoms with Gasteiger partial charge in [-0.05, 0) is 61.2 Å². The number of aliphatic hydroxyl groups excluding tert-OH is 1. The van der Waals surface area contributed by atoms with Crippen molar-refractivity contribution in [3.05, 3.63) is 58.7 Å². The second-order valence-corrected chi connectivity index (χ2v) is 8.95. The predicted molar refractivity (Wildman–Crippen MR) is 132 cm³/mol. The van der Waals surface area contributed by atoms with E-state index >= 15 is 0 Å². The molecule has 1 saturated heterocycles. The van der Waals surface area contributed by atoms with Gasteiger partial charge in [-0.15, -0.1) is 0 Å². The van der Waals surface area contributed by atoms with Gasteiger partial charge < -0.3 is 29.3 Å². The molecule has 2 aromatic carbocycles. The minimum Gasteiger partial charge on any atom is -0.507 e. The lowest BCUT2D eigenvalue weighted by Crippen LogP contribution is -2.33. The topological polar surface area (TPSA) is 106 Å². The predicted octanol–water partition coefficient (Wildman–Crippen LogP) is 4.38. The van der Waals surface area contributed by atoms with Crippen molar-refractivity contribution in [3.8, 4) is 17.2 Å². The van der Waals surface area contributed by atoms with E-state index in [-0.39, 0.29) is 48.0 Å². The summed E-state index contributed by atoms with van der Waals surface area (Å²) in [5, 5.41) is 21.7. The average Bonchev–Trinajstić information content (AvgIpc) is 3.07. The van der Waals surface area contributed by atoms with E-state index in [1.54, 1.807) is 37.4 Å². The second kappa shape index (κ2) is 10.8. The first-order chi connectivity index (χ1) is 16.6. The standard InChI is InChI=1S/C27H33NO7/c1-15(2)19-13-18(8-9-21(19)33-5)25(30)23-24(17-7-10-22(34-6)20(29)14-17)28(27(32)26(23)31)11-12-35-16(3)4/h7-10,13-16,24,29-30H,11-12H2,1-6H3/b25-23-. The van der Waals surface area contributed by atoms with Crippen molar-refractivity contribution in [1.82, 2.24) is 4.90 Å². The molecule has 0 bridgehead atoms. The number of aliphatic hydroxyl groups is 1. The number of aromatic hydroxyl groups is 1. The van der Waals surface area contributed by atoms with Crippen LogP contribution in [0.4, 0.5) is 0 Å². The van der Waals surface area contributed by atoms with Gasteiger partial charge in [0, 0.05) is 12.1 Å². The van der Waals surface area contributed by atoms with Crippen LogP contribution in [0.5, 0.6) is 17.2 Å². The number of ether oxygens (including phenoxy) is 3. The van der Waals surface area contributed by atoms with Crippen LogP contribution in [-0.2, 0) is 14.3 Å². The number of methoxy groups -OCH3 is 2. The first-order valence-electron chi connectivity index (χ1n) is 11.6. The van der Waals surface area contributed by atoms with Crippen LogP contribution in [0, 0.1) is 0 Å². The Hall–Kier alpha value is -3.52. The fourth-order valence-corrected chi connectivity index (χ4v) is 4.21. The SMILES string of the molecule is COc1ccc(C2/C(=C(/O)c3ccc(OC)c(C(C)C)c3)C(=O)C(=O)N2CCOC(C)C)cc1O. The Morgan fingerprint density at radius 1 is 1.00 bits per heavy atom. The number of rotatable bonds is 9. The maximum absolute atomic E-state index is 13.2. The highest BCUT2D eigenvalue weighted by Gasteiger charge is 2.46. The summed E-state index contributed by atoms with van der Waals surface area (Å²) in [6.45, 7) is 8.09. The molecule has 1 amide bonds. The third-order valence-electron chi connectivity index (χ3n) is 5.97. The zero-order valence-corrected chi connectivity index (χ0v) is 21.0. The van der Waals surface area contributed by atoms with E-state index in [0.717, 1.165) is 5.56 Å². The van der Waals surface area contributed by atoms with Gasteiger partial charge in [0.25, 0.3) is 11.7 Å². The Balaban J connectivity index is 2.17. The number of hydrogen-bond donors (Lipinski definition) is 2. The Labute approximate surface area is 205 Å². The smallest absolute Gasteiger partial charge is 0.295 e. The van der Waals surface area contributed by atoms with Crippen molar-refractivity contribution < 1.29 is 34.0 Å². The molecule has 0 aromatic heterocycles. The maximum Gasteiger partial charge on any atom is 0.295 e. The van der Waals surface area contributed by atoms with Gasteiger partial charge in [0.05, 0.1) is 38.5 Å². The molecule has 1 heterocycles. The zero-order chi connectivity index (χ0) is 25.9. The molecule has 8 nitrogen and oxygen atoms in total. The third-order valence-corrected chi connectivity index (χ3v) is 5.97. The lowest BCUT2D eigenvalue weighted by molar-refractivity contribution is -0.140. The average molecular weight is 484 g/mol. The monoisotopic (exact) mass is 483 g/mol. The number of carbonyl (C=O) groups is 2. The molecule has 0 radical (unpaired) electrons. The summed E-state index contributed by atoms with van der Waals surface area (Å²) < 4.78 is 16.2. The molecule has 0 spiro atoms. The second-order valence-electron chi connectivity index (χ2n) is 8.95. The number of carbonyl (C=O) groups excluding carboxylic acids is 2. The molecule has 1 aliphatic heterocycles. The van der Waals surface area contributed by atoms with Gasteiger partial charge in [-0.3, -0.25) is 9.59 Å². The van der Waals surface area contributed by atoms with Crippen LogP contribution in [-0.4, -0.2) is 60.3 Å². The molecular weight excluding hydrogens is 450 g/mol. The molecule has 1 aliphatic rings. The van der Waals surface area contributed by atoms with E-state index in [0.29, 0.717) is 16.9 Å². The first-order valence-corrected chi connectivity index (χ1v) is 11.6. The van der Waals surface area contributed by atoms with E-state index in [4.69, 9.17) is 14.2 Å². The number of Topliss-reactive ketones (excluding diaryl/α,β-unsaturated/α-hetero) is 1. The number of amides is 1. The van der Waals surface area contributed by atoms with Crippen LogP contribution in [0.1, 0.15) is 56.3 Å². The van der Waals surface area contributed by atoms with E-state index < -0.39 is 17.7 Å². The van der Waals surface area contributed by atoms with Crippen molar-refractivity contribution >= 4 is 17.4 Å². The summed E-state index contributed by atoms with van der Waals surface area (Å²) in [7, 11) is 3.00. The van der Waals surface area contributed by atoms with Gasteiger partial charge in [0.2, 0.25) is 0 Å². The van der Waals surface area contributed by atoms with Crippen LogP contribution in [0.3, 0.4) is 0 Å². The van der Waals surface area contributed by atoms with Crippen molar-refractivity contribution in [1.29, 1.82) is 0 Å². The quantitative estimate of drug-likeness (QED) is 0.310. The number of benzene rings is 2. The number of phenolic OH excluding ortho intramolecular Hbond substituents is 1. The molecule has 8 heteroatoms. The van der Waals surface area contributed by atoms with Crippen molar-refractivity contribution in [2.45, 2.75) is 45.8 Å². The third kappa shape index (κ3) is 5.27. The molecular formula is C27H33NO7. The van der Waals surface area contributed by atoms with Crippen LogP contribution in [0.2, 0.25) is 0 Å². The number of nitrogens with zero attached hydrogens (tertiary/aromatic N) is 1. The summed E-state index contributed by atoms with van der Waals surface area (Å²) in [4.78, 5) is 27.6. The zero-order valence-electron chi connectivity index (χ0n) is 21.0. The minimum atomic E-state index is -0.910. The molecule has 0 saturated carbocycles. The largest absolute Gasteiger partial charge is 0.507 e. The van der Waals surface area contributed by atoms with E-state index in [9.17, 15) is 19.8 Å². The number of phenols is 1.